The maximum Gasteiger partial charge on any atom is 0.0398 e. The highest BCUT2D eigenvalue weighted by Gasteiger charge is 2.06. The Labute approximate surface area is 93.1 Å². The van der Waals surface area contributed by atoms with Crippen molar-refractivity contribution >= 4 is 5.69 Å². The van der Waals surface area contributed by atoms with Crippen LogP contribution in [-0.2, 0) is 0 Å². The Balaban J connectivity index is 2.85. The molecule has 2 nitrogen and oxygen atoms in total. The number of hydrogen-bond donors (Lipinski definition) is 1. The van der Waals surface area contributed by atoms with Crippen molar-refractivity contribution in [3.05, 3.63) is 29.3 Å². The maximum atomic E-state index is 5.55. The smallest absolute Gasteiger partial charge is 0.0398 e. The Morgan fingerprint density at radius 3 is 2.60 bits per heavy atom. The number of aryl methyl sites for hydroxylation is 2. The summed E-state index contributed by atoms with van der Waals surface area (Å²) in [5.41, 5.74) is 9.57. The van der Waals surface area contributed by atoms with Gasteiger partial charge >= 0.3 is 0 Å². The second kappa shape index (κ2) is 5.76. The minimum atomic E-state index is 0.765. The van der Waals surface area contributed by atoms with Crippen LogP contribution < -0.4 is 10.6 Å². The lowest BCUT2D eigenvalue weighted by Gasteiger charge is -2.25. The van der Waals surface area contributed by atoms with Crippen LogP contribution in [0.15, 0.2) is 18.2 Å². The highest BCUT2D eigenvalue weighted by molar-refractivity contribution is 5.54. The Bertz CT molecular complexity index is 307. The van der Waals surface area contributed by atoms with Crippen molar-refractivity contribution in [1.82, 2.24) is 0 Å². The first-order valence-corrected chi connectivity index (χ1v) is 5.71. The van der Waals surface area contributed by atoms with Crippen LogP contribution in [0.25, 0.3) is 0 Å². The van der Waals surface area contributed by atoms with E-state index in [4.69, 9.17) is 5.73 Å². The average molecular weight is 206 g/mol. The van der Waals surface area contributed by atoms with Crippen LogP contribution >= 0.6 is 0 Å². The summed E-state index contributed by atoms with van der Waals surface area (Å²) >= 11 is 0. The van der Waals surface area contributed by atoms with Gasteiger partial charge in [-0.05, 0) is 50.9 Å². The maximum absolute atomic E-state index is 5.55. The molecule has 0 heterocycles. The molecule has 15 heavy (non-hydrogen) atoms. The molecule has 0 aliphatic carbocycles. The molecule has 0 atom stereocenters. The molecule has 0 aliphatic rings. The van der Waals surface area contributed by atoms with E-state index in [2.05, 4.69) is 43.9 Å². The zero-order chi connectivity index (χ0) is 11.3. The SMILES string of the molecule is CCN(CCCN)c1cc(C)ccc1C. The summed E-state index contributed by atoms with van der Waals surface area (Å²) in [6, 6.07) is 6.61. The molecule has 1 aromatic carbocycles. The van der Waals surface area contributed by atoms with E-state index in [9.17, 15) is 0 Å². The Hall–Kier alpha value is -1.02. The van der Waals surface area contributed by atoms with Gasteiger partial charge < -0.3 is 10.6 Å². The van der Waals surface area contributed by atoms with Gasteiger partial charge in [-0.2, -0.15) is 0 Å². The minimum Gasteiger partial charge on any atom is -0.372 e. The Morgan fingerprint density at radius 2 is 2.00 bits per heavy atom. The molecule has 0 aromatic heterocycles. The predicted molar refractivity (Wildman–Crippen MR) is 67.5 cm³/mol. The second-order valence-corrected chi connectivity index (χ2v) is 4.01. The van der Waals surface area contributed by atoms with E-state index in [0.29, 0.717) is 0 Å². The summed E-state index contributed by atoms with van der Waals surface area (Å²) in [6.07, 6.45) is 1.06. The standard InChI is InChI=1S/C13H22N2/c1-4-15(9-5-8-14)13-10-11(2)6-7-12(13)3/h6-7,10H,4-5,8-9,14H2,1-3H3. The van der Waals surface area contributed by atoms with Gasteiger partial charge in [0.1, 0.15) is 0 Å². The summed E-state index contributed by atoms with van der Waals surface area (Å²) in [4.78, 5) is 2.40. The van der Waals surface area contributed by atoms with E-state index in [1.165, 1.54) is 16.8 Å². The number of benzene rings is 1. The van der Waals surface area contributed by atoms with E-state index in [1.54, 1.807) is 0 Å². The molecular weight excluding hydrogens is 184 g/mol. The van der Waals surface area contributed by atoms with Crippen LogP contribution in [0.4, 0.5) is 5.69 Å². The number of rotatable bonds is 5. The fourth-order valence-electron chi connectivity index (χ4n) is 1.79. The van der Waals surface area contributed by atoms with E-state index in [-0.39, 0.29) is 0 Å². The third kappa shape index (κ3) is 3.24. The third-order valence-corrected chi connectivity index (χ3v) is 2.72. The molecule has 0 saturated heterocycles. The zero-order valence-electron chi connectivity index (χ0n) is 10.1. The van der Waals surface area contributed by atoms with Gasteiger partial charge in [-0.1, -0.05) is 12.1 Å². The van der Waals surface area contributed by atoms with Crippen LogP contribution in [0.2, 0.25) is 0 Å². The molecule has 84 valence electrons. The molecule has 0 saturated carbocycles. The molecule has 0 unspecified atom stereocenters. The van der Waals surface area contributed by atoms with Crippen molar-refractivity contribution in [3.8, 4) is 0 Å². The van der Waals surface area contributed by atoms with Gasteiger partial charge in [0.25, 0.3) is 0 Å². The molecule has 0 radical (unpaired) electrons. The van der Waals surface area contributed by atoms with Gasteiger partial charge in [0, 0.05) is 18.8 Å². The van der Waals surface area contributed by atoms with E-state index in [1.807, 2.05) is 0 Å². The topological polar surface area (TPSA) is 29.3 Å². The van der Waals surface area contributed by atoms with Crippen LogP contribution in [0.5, 0.6) is 0 Å². The molecule has 2 N–H and O–H groups in total. The summed E-state index contributed by atoms with van der Waals surface area (Å²) in [5.74, 6) is 0. The molecule has 1 rings (SSSR count). The summed E-state index contributed by atoms with van der Waals surface area (Å²) in [5, 5.41) is 0. The lowest BCUT2D eigenvalue weighted by molar-refractivity contribution is 0.752. The lowest BCUT2D eigenvalue weighted by atomic mass is 10.1. The van der Waals surface area contributed by atoms with Gasteiger partial charge in [-0.25, -0.2) is 0 Å². The molecule has 1 aromatic rings. The molecule has 0 aliphatic heterocycles. The van der Waals surface area contributed by atoms with E-state index < -0.39 is 0 Å². The predicted octanol–water partition coefficient (Wildman–Crippen LogP) is 2.48. The van der Waals surface area contributed by atoms with Gasteiger partial charge in [0.05, 0.1) is 0 Å². The van der Waals surface area contributed by atoms with Crippen molar-refractivity contribution in [2.45, 2.75) is 27.2 Å². The highest BCUT2D eigenvalue weighted by atomic mass is 15.1. The van der Waals surface area contributed by atoms with Crippen LogP contribution in [0.1, 0.15) is 24.5 Å². The number of hydrogen-bond acceptors (Lipinski definition) is 2. The van der Waals surface area contributed by atoms with Crippen molar-refractivity contribution < 1.29 is 0 Å². The van der Waals surface area contributed by atoms with E-state index in [0.717, 1.165) is 26.1 Å². The van der Waals surface area contributed by atoms with Gasteiger partial charge in [0.2, 0.25) is 0 Å². The van der Waals surface area contributed by atoms with Crippen molar-refractivity contribution in [3.63, 3.8) is 0 Å². The van der Waals surface area contributed by atoms with Crippen LogP contribution in [0.3, 0.4) is 0 Å². The largest absolute Gasteiger partial charge is 0.372 e. The Morgan fingerprint density at radius 1 is 1.27 bits per heavy atom. The summed E-state index contributed by atoms with van der Waals surface area (Å²) in [6.45, 7) is 9.36. The highest BCUT2D eigenvalue weighted by Crippen LogP contribution is 2.21. The van der Waals surface area contributed by atoms with Crippen LogP contribution in [-0.4, -0.2) is 19.6 Å². The number of nitrogens with two attached hydrogens (primary N) is 1. The molecule has 0 fully saturated rings. The normalized spacial score (nSPS) is 10.4. The average Bonchev–Trinajstić information content (AvgIpc) is 2.24. The van der Waals surface area contributed by atoms with E-state index >= 15 is 0 Å². The van der Waals surface area contributed by atoms with Crippen LogP contribution in [0, 0.1) is 13.8 Å². The molecular formula is C13H22N2. The molecule has 2 heteroatoms. The summed E-state index contributed by atoms with van der Waals surface area (Å²) < 4.78 is 0. The van der Waals surface area contributed by atoms with Gasteiger partial charge in [0.15, 0.2) is 0 Å². The molecule has 0 bridgehead atoms. The third-order valence-electron chi connectivity index (χ3n) is 2.72. The lowest BCUT2D eigenvalue weighted by Crippen LogP contribution is -2.26. The molecule has 0 spiro atoms. The van der Waals surface area contributed by atoms with Gasteiger partial charge in [-0.15, -0.1) is 0 Å². The summed E-state index contributed by atoms with van der Waals surface area (Å²) in [7, 11) is 0. The fraction of sp³-hybridized carbons (Fsp3) is 0.538. The molecule has 0 amide bonds. The van der Waals surface area contributed by atoms with Crippen molar-refractivity contribution in [2.75, 3.05) is 24.5 Å². The monoisotopic (exact) mass is 206 g/mol. The number of anilines is 1. The minimum absolute atomic E-state index is 0.765. The van der Waals surface area contributed by atoms with Crippen molar-refractivity contribution in [1.29, 1.82) is 0 Å². The first-order valence-electron chi connectivity index (χ1n) is 5.71. The second-order valence-electron chi connectivity index (χ2n) is 4.01. The quantitative estimate of drug-likeness (QED) is 0.802. The Kier molecular flexibility index (Phi) is 4.63. The zero-order valence-corrected chi connectivity index (χ0v) is 10.1. The van der Waals surface area contributed by atoms with Gasteiger partial charge in [-0.3, -0.25) is 0 Å². The van der Waals surface area contributed by atoms with Crippen molar-refractivity contribution in [2.24, 2.45) is 5.73 Å². The first-order chi connectivity index (χ1) is 7.19. The fourth-order valence-corrected chi connectivity index (χ4v) is 1.79. The number of nitrogens with zero attached hydrogens (tertiary/aromatic N) is 1. The first kappa shape index (κ1) is 12.1.